The maximum Gasteiger partial charge on any atom is 0.192 e. The smallest absolute Gasteiger partial charge is 0.192 e. The van der Waals surface area contributed by atoms with Gasteiger partial charge in [0, 0.05) is 13.0 Å². The monoisotopic (exact) mass is 259 g/mol. The van der Waals surface area contributed by atoms with Crippen molar-refractivity contribution >= 4 is 11.1 Å². The molecule has 19 heavy (non-hydrogen) atoms. The van der Waals surface area contributed by atoms with Crippen molar-refractivity contribution in [2.45, 2.75) is 32.2 Å². The summed E-state index contributed by atoms with van der Waals surface area (Å²) in [6.07, 6.45) is 3.58. The fourth-order valence-corrected chi connectivity index (χ4v) is 2.91. The number of oxazole rings is 1. The standard InChI is InChI=1S/C15H21N3O/c1-10-18-14-5-4-12(8-15(14)19-10)13(16)7-11-3-2-6-17-9-11/h4-5,8,11,13,17H,2-3,6-7,9,16H2,1H3. The number of hydrogen-bond acceptors (Lipinski definition) is 4. The predicted octanol–water partition coefficient (Wildman–Crippen LogP) is 2.53. The van der Waals surface area contributed by atoms with Gasteiger partial charge in [-0.25, -0.2) is 4.98 Å². The Hall–Kier alpha value is -1.39. The molecule has 0 aliphatic carbocycles. The van der Waals surface area contributed by atoms with Gasteiger partial charge in [0.25, 0.3) is 0 Å². The quantitative estimate of drug-likeness (QED) is 0.889. The Morgan fingerprint density at radius 3 is 3.21 bits per heavy atom. The van der Waals surface area contributed by atoms with E-state index < -0.39 is 0 Å². The van der Waals surface area contributed by atoms with Gasteiger partial charge in [0.15, 0.2) is 11.5 Å². The fraction of sp³-hybridized carbons (Fsp3) is 0.533. The molecule has 1 aromatic carbocycles. The summed E-state index contributed by atoms with van der Waals surface area (Å²) < 4.78 is 5.57. The summed E-state index contributed by atoms with van der Waals surface area (Å²) in [7, 11) is 0. The molecule has 2 heterocycles. The first-order chi connectivity index (χ1) is 9.22. The molecule has 2 aromatic rings. The number of hydrogen-bond donors (Lipinski definition) is 2. The van der Waals surface area contributed by atoms with E-state index in [1.807, 2.05) is 19.1 Å². The van der Waals surface area contributed by atoms with Gasteiger partial charge in [-0.15, -0.1) is 0 Å². The first-order valence-electron chi connectivity index (χ1n) is 7.06. The number of nitrogens with one attached hydrogen (secondary N) is 1. The second-order valence-corrected chi connectivity index (χ2v) is 5.51. The lowest BCUT2D eigenvalue weighted by Gasteiger charge is -2.25. The number of aromatic nitrogens is 1. The molecule has 0 bridgehead atoms. The van der Waals surface area contributed by atoms with E-state index in [9.17, 15) is 0 Å². The highest BCUT2D eigenvalue weighted by Gasteiger charge is 2.18. The molecular weight excluding hydrogens is 238 g/mol. The van der Waals surface area contributed by atoms with Gasteiger partial charge >= 0.3 is 0 Å². The minimum absolute atomic E-state index is 0.0831. The van der Waals surface area contributed by atoms with Gasteiger partial charge in [0.05, 0.1) is 0 Å². The number of fused-ring (bicyclic) bond motifs is 1. The fourth-order valence-electron chi connectivity index (χ4n) is 2.91. The van der Waals surface area contributed by atoms with Crippen molar-refractivity contribution in [3.8, 4) is 0 Å². The van der Waals surface area contributed by atoms with E-state index in [1.54, 1.807) is 0 Å². The zero-order chi connectivity index (χ0) is 13.2. The van der Waals surface area contributed by atoms with Crippen LogP contribution in [0, 0.1) is 12.8 Å². The van der Waals surface area contributed by atoms with Crippen molar-refractivity contribution in [3.63, 3.8) is 0 Å². The van der Waals surface area contributed by atoms with Gasteiger partial charge in [0.2, 0.25) is 0 Å². The van der Waals surface area contributed by atoms with Crippen molar-refractivity contribution in [1.29, 1.82) is 0 Å². The molecule has 0 radical (unpaired) electrons. The molecule has 4 heteroatoms. The van der Waals surface area contributed by atoms with Gasteiger partial charge in [-0.2, -0.15) is 0 Å². The molecule has 1 aliphatic heterocycles. The van der Waals surface area contributed by atoms with Crippen LogP contribution in [0.3, 0.4) is 0 Å². The molecule has 3 rings (SSSR count). The molecule has 1 saturated heterocycles. The van der Waals surface area contributed by atoms with E-state index in [0.717, 1.165) is 36.2 Å². The second-order valence-electron chi connectivity index (χ2n) is 5.51. The summed E-state index contributed by atoms with van der Waals surface area (Å²) in [5.74, 6) is 1.40. The SMILES string of the molecule is Cc1nc2ccc(C(N)CC3CCCNC3)cc2o1. The zero-order valence-corrected chi connectivity index (χ0v) is 11.4. The average Bonchev–Trinajstić information content (AvgIpc) is 2.78. The predicted molar refractivity (Wildman–Crippen MR) is 75.9 cm³/mol. The summed E-state index contributed by atoms with van der Waals surface area (Å²) in [5, 5.41) is 3.44. The van der Waals surface area contributed by atoms with E-state index in [0.29, 0.717) is 11.8 Å². The number of benzene rings is 1. The van der Waals surface area contributed by atoms with Crippen molar-refractivity contribution in [1.82, 2.24) is 10.3 Å². The highest BCUT2D eigenvalue weighted by molar-refractivity contribution is 5.73. The highest BCUT2D eigenvalue weighted by atomic mass is 16.3. The van der Waals surface area contributed by atoms with E-state index in [2.05, 4.69) is 16.4 Å². The molecule has 1 aromatic heterocycles. The lowest BCUT2D eigenvalue weighted by atomic mass is 9.90. The molecule has 3 N–H and O–H groups in total. The molecule has 0 amide bonds. The van der Waals surface area contributed by atoms with Gasteiger partial charge in [-0.3, -0.25) is 0 Å². The van der Waals surface area contributed by atoms with E-state index in [1.165, 1.54) is 12.8 Å². The maximum atomic E-state index is 6.33. The Balaban J connectivity index is 1.74. The number of nitrogens with zero attached hydrogens (tertiary/aromatic N) is 1. The first kappa shape index (κ1) is 12.6. The minimum atomic E-state index is 0.0831. The lowest BCUT2D eigenvalue weighted by Crippen LogP contribution is -2.31. The van der Waals surface area contributed by atoms with Crippen LogP contribution in [0.1, 0.15) is 36.8 Å². The molecule has 4 nitrogen and oxygen atoms in total. The molecule has 0 saturated carbocycles. The van der Waals surface area contributed by atoms with Crippen LogP contribution in [0.15, 0.2) is 22.6 Å². The van der Waals surface area contributed by atoms with Gasteiger partial charge in [0.1, 0.15) is 5.52 Å². The Labute approximate surface area is 113 Å². The Bertz CT molecular complexity index is 558. The average molecular weight is 259 g/mol. The van der Waals surface area contributed by atoms with Crippen LogP contribution < -0.4 is 11.1 Å². The van der Waals surface area contributed by atoms with Crippen LogP contribution in [0.25, 0.3) is 11.1 Å². The van der Waals surface area contributed by atoms with Crippen molar-refractivity contribution in [2.24, 2.45) is 11.7 Å². The van der Waals surface area contributed by atoms with Crippen LogP contribution in [0.2, 0.25) is 0 Å². The van der Waals surface area contributed by atoms with Crippen molar-refractivity contribution < 1.29 is 4.42 Å². The highest BCUT2D eigenvalue weighted by Crippen LogP contribution is 2.26. The zero-order valence-electron chi connectivity index (χ0n) is 11.4. The molecule has 1 fully saturated rings. The third-order valence-corrected chi connectivity index (χ3v) is 3.93. The van der Waals surface area contributed by atoms with Crippen molar-refractivity contribution in [2.75, 3.05) is 13.1 Å². The van der Waals surface area contributed by atoms with Gasteiger partial charge in [-0.1, -0.05) is 6.07 Å². The third-order valence-electron chi connectivity index (χ3n) is 3.93. The third kappa shape index (κ3) is 2.80. The number of piperidine rings is 1. The van der Waals surface area contributed by atoms with E-state index >= 15 is 0 Å². The molecule has 2 unspecified atom stereocenters. The first-order valence-corrected chi connectivity index (χ1v) is 7.06. The Morgan fingerprint density at radius 1 is 1.53 bits per heavy atom. The summed E-state index contributed by atoms with van der Waals surface area (Å²) in [6, 6.07) is 6.20. The number of aryl methyl sites for hydroxylation is 1. The van der Waals surface area contributed by atoms with Crippen LogP contribution >= 0.6 is 0 Å². The molecule has 1 aliphatic rings. The molecule has 2 atom stereocenters. The topological polar surface area (TPSA) is 64.1 Å². The Kier molecular flexibility index (Phi) is 3.53. The number of nitrogens with two attached hydrogens (primary N) is 1. The normalized spacial score (nSPS) is 21.7. The second kappa shape index (κ2) is 5.31. The van der Waals surface area contributed by atoms with Crippen LogP contribution in [0.5, 0.6) is 0 Å². The Morgan fingerprint density at radius 2 is 2.42 bits per heavy atom. The lowest BCUT2D eigenvalue weighted by molar-refractivity contribution is 0.337. The molecular formula is C15H21N3O. The van der Waals surface area contributed by atoms with Crippen molar-refractivity contribution in [3.05, 3.63) is 29.7 Å². The van der Waals surface area contributed by atoms with Crippen LogP contribution in [0.4, 0.5) is 0 Å². The van der Waals surface area contributed by atoms with E-state index in [4.69, 9.17) is 10.2 Å². The molecule has 102 valence electrons. The van der Waals surface area contributed by atoms with E-state index in [-0.39, 0.29) is 6.04 Å². The van der Waals surface area contributed by atoms with Crippen LogP contribution in [-0.4, -0.2) is 18.1 Å². The summed E-state index contributed by atoms with van der Waals surface area (Å²) in [5.41, 5.74) is 9.23. The maximum absolute atomic E-state index is 6.33. The van der Waals surface area contributed by atoms with Crippen LogP contribution in [-0.2, 0) is 0 Å². The minimum Gasteiger partial charge on any atom is -0.441 e. The number of rotatable bonds is 3. The molecule has 0 spiro atoms. The summed E-state index contributed by atoms with van der Waals surface area (Å²) >= 11 is 0. The summed E-state index contributed by atoms with van der Waals surface area (Å²) in [6.45, 7) is 4.11. The van der Waals surface area contributed by atoms with Gasteiger partial charge < -0.3 is 15.5 Å². The summed E-state index contributed by atoms with van der Waals surface area (Å²) in [4.78, 5) is 4.31. The largest absolute Gasteiger partial charge is 0.441 e. The van der Waals surface area contributed by atoms with Gasteiger partial charge in [-0.05, 0) is 56.0 Å².